The lowest BCUT2D eigenvalue weighted by Gasteiger charge is -2.13. The summed E-state index contributed by atoms with van der Waals surface area (Å²) in [5, 5.41) is 11.4. The van der Waals surface area contributed by atoms with Crippen LogP contribution >= 0.6 is 11.8 Å². The first-order valence-electron chi connectivity index (χ1n) is 7.38. The van der Waals surface area contributed by atoms with E-state index < -0.39 is 18.6 Å². The number of carbonyl (C=O) groups is 1. The van der Waals surface area contributed by atoms with Gasteiger partial charge >= 0.3 is 6.18 Å². The fourth-order valence-electron chi connectivity index (χ4n) is 2.06. The van der Waals surface area contributed by atoms with E-state index in [2.05, 4.69) is 4.98 Å². The van der Waals surface area contributed by atoms with E-state index in [1.807, 2.05) is 0 Å². The molecule has 136 valence electrons. The molecule has 1 heterocycles. The van der Waals surface area contributed by atoms with Crippen molar-refractivity contribution in [1.82, 2.24) is 14.9 Å². The summed E-state index contributed by atoms with van der Waals surface area (Å²) in [5.41, 5.74) is 0.114. The third-order valence-electron chi connectivity index (χ3n) is 3.18. The first kappa shape index (κ1) is 19.3. The number of fused-ring (bicyclic) bond motifs is 1. The van der Waals surface area contributed by atoms with Crippen LogP contribution in [0.1, 0.15) is 6.42 Å². The summed E-state index contributed by atoms with van der Waals surface area (Å²) in [6.45, 7) is -1.34. The van der Waals surface area contributed by atoms with Crippen molar-refractivity contribution in [3.8, 4) is 0 Å². The number of benzene rings is 1. The highest BCUT2D eigenvalue weighted by Crippen LogP contribution is 2.18. The van der Waals surface area contributed by atoms with E-state index in [-0.39, 0.29) is 29.6 Å². The number of para-hydroxylation sites is 1. The van der Waals surface area contributed by atoms with Crippen molar-refractivity contribution in [3.05, 3.63) is 34.6 Å². The summed E-state index contributed by atoms with van der Waals surface area (Å²) < 4.78 is 37.6. The van der Waals surface area contributed by atoms with Gasteiger partial charge in [-0.1, -0.05) is 23.9 Å². The van der Waals surface area contributed by atoms with Gasteiger partial charge in [0, 0.05) is 13.2 Å². The Kier molecular flexibility index (Phi) is 6.43. The van der Waals surface area contributed by atoms with Gasteiger partial charge in [0.1, 0.15) is 6.54 Å². The van der Waals surface area contributed by atoms with Crippen LogP contribution in [0.15, 0.2) is 34.2 Å². The molecule has 0 saturated carbocycles. The van der Waals surface area contributed by atoms with Gasteiger partial charge in [0.05, 0.1) is 16.7 Å². The average molecular weight is 375 g/mol. The van der Waals surface area contributed by atoms with Crippen LogP contribution in [0.25, 0.3) is 10.9 Å². The van der Waals surface area contributed by atoms with Gasteiger partial charge in [-0.25, -0.2) is 4.98 Å². The van der Waals surface area contributed by atoms with E-state index in [0.717, 1.165) is 11.8 Å². The quantitative estimate of drug-likeness (QED) is 0.567. The molecular formula is C15H16F3N3O3S. The number of hydrogen-bond acceptors (Lipinski definition) is 5. The van der Waals surface area contributed by atoms with Crippen molar-refractivity contribution in [1.29, 1.82) is 0 Å². The first-order chi connectivity index (χ1) is 11.8. The maximum atomic E-state index is 12.5. The van der Waals surface area contributed by atoms with Gasteiger partial charge in [-0.15, -0.1) is 0 Å². The lowest BCUT2D eigenvalue weighted by Crippen LogP contribution is -2.35. The molecule has 10 heteroatoms. The van der Waals surface area contributed by atoms with E-state index >= 15 is 0 Å². The van der Waals surface area contributed by atoms with Gasteiger partial charge in [0.25, 0.3) is 5.56 Å². The number of amides is 1. The normalized spacial score (nSPS) is 11.7. The molecular weight excluding hydrogens is 359 g/mol. The van der Waals surface area contributed by atoms with Gasteiger partial charge in [0.15, 0.2) is 5.16 Å². The number of carbonyl (C=O) groups excluding carboxylic acids is 1. The first-order valence-corrected chi connectivity index (χ1v) is 8.37. The van der Waals surface area contributed by atoms with Crippen molar-refractivity contribution in [2.75, 3.05) is 18.9 Å². The van der Waals surface area contributed by atoms with Gasteiger partial charge in [0.2, 0.25) is 5.91 Å². The molecule has 2 rings (SSSR count). The van der Waals surface area contributed by atoms with E-state index in [1.54, 1.807) is 29.6 Å². The minimum atomic E-state index is -4.48. The fourth-order valence-corrected chi connectivity index (χ4v) is 2.92. The van der Waals surface area contributed by atoms with Crippen molar-refractivity contribution >= 4 is 28.6 Å². The second kappa shape index (κ2) is 8.34. The van der Waals surface area contributed by atoms with E-state index in [1.165, 1.54) is 4.57 Å². The number of nitrogens with zero attached hydrogens (tertiary/aromatic N) is 2. The molecule has 0 aliphatic heterocycles. The number of aliphatic hydroxyl groups is 1. The van der Waals surface area contributed by atoms with Gasteiger partial charge < -0.3 is 10.4 Å². The molecule has 0 aliphatic rings. The zero-order valence-electron chi connectivity index (χ0n) is 13.0. The zero-order chi connectivity index (χ0) is 18.4. The van der Waals surface area contributed by atoms with Crippen LogP contribution in [0.4, 0.5) is 13.2 Å². The minimum Gasteiger partial charge on any atom is -0.396 e. The van der Waals surface area contributed by atoms with Crippen LogP contribution in [0.5, 0.6) is 0 Å². The Labute approximate surface area is 145 Å². The lowest BCUT2D eigenvalue weighted by molar-refractivity contribution is -0.136. The van der Waals surface area contributed by atoms with Gasteiger partial charge in [-0.3, -0.25) is 14.2 Å². The highest BCUT2D eigenvalue weighted by atomic mass is 32.2. The molecule has 0 radical (unpaired) electrons. The molecule has 1 amide bonds. The molecule has 25 heavy (non-hydrogen) atoms. The largest absolute Gasteiger partial charge is 0.405 e. The molecule has 0 atom stereocenters. The number of hydrogen-bond donors (Lipinski definition) is 2. The predicted molar refractivity (Wildman–Crippen MR) is 87.5 cm³/mol. The molecule has 0 aliphatic carbocycles. The van der Waals surface area contributed by atoms with Crippen LogP contribution < -0.4 is 10.9 Å². The summed E-state index contributed by atoms with van der Waals surface area (Å²) in [5.74, 6) is -1.11. The number of halogens is 3. The summed E-state index contributed by atoms with van der Waals surface area (Å²) >= 11 is 0.876. The molecule has 2 aromatic rings. The number of nitrogens with one attached hydrogen (secondary N) is 1. The summed E-state index contributed by atoms with van der Waals surface area (Å²) in [7, 11) is 0. The van der Waals surface area contributed by atoms with Crippen molar-refractivity contribution < 1.29 is 23.1 Å². The predicted octanol–water partition coefficient (Wildman–Crippen LogP) is 1.55. The Morgan fingerprint density at radius 1 is 1.32 bits per heavy atom. The van der Waals surface area contributed by atoms with Crippen molar-refractivity contribution in [2.24, 2.45) is 0 Å². The number of thioether (sulfide) groups is 1. The summed E-state index contributed by atoms with van der Waals surface area (Å²) in [6, 6.07) is 6.65. The fraction of sp³-hybridized carbons (Fsp3) is 0.400. The van der Waals surface area contributed by atoms with Crippen molar-refractivity contribution in [2.45, 2.75) is 24.3 Å². The minimum absolute atomic E-state index is 0.130. The lowest BCUT2D eigenvalue weighted by atomic mass is 10.2. The highest BCUT2D eigenvalue weighted by Gasteiger charge is 2.27. The summed E-state index contributed by atoms with van der Waals surface area (Å²) in [4.78, 5) is 28.4. The molecule has 6 nitrogen and oxygen atoms in total. The monoisotopic (exact) mass is 375 g/mol. The SMILES string of the molecule is O=C(CSc1nc2ccccc2c(=O)n1CCCO)NCC(F)(F)F. The van der Waals surface area contributed by atoms with E-state index in [9.17, 15) is 22.8 Å². The molecule has 0 unspecified atom stereocenters. The van der Waals surface area contributed by atoms with Crippen LogP contribution in [-0.4, -0.2) is 45.6 Å². The Morgan fingerprint density at radius 3 is 2.72 bits per heavy atom. The molecule has 2 N–H and O–H groups in total. The van der Waals surface area contributed by atoms with Gasteiger partial charge in [-0.2, -0.15) is 13.2 Å². The second-order valence-electron chi connectivity index (χ2n) is 5.13. The number of aliphatic hydroxyl groups excluding tert-OH is 1. The molecule has 0 fully saturated rings. The maximum absolute atomic E-state index is 12.5. The van der Waals surface area contributed by atoms with Crippen LogP contribution in [0.2, 0.25) is 0 Å². The van der Waals surface area contributed by atoms with E-state index in [4.69, 9.17) is 5.11 Å². The Morgan fingerprint density at radius 2 is 2.04 bits per heavy atom. The smallest absolute Gasteiger partial charge is 0.396 e. The highest BCUT2D eigenvalue weighted by molar-refractivity contribution is 7.99. The Balaban J connectivity index is 2.20. The van der Waals surface area contributed by atoms with Crippen LogP contribution in [-0.2, 0) is 11.3 Å². The van der Waals surface area contributed by atoms with Crippen LogP contribution in [0, 0.1) is 0 Å². The molecule has 0 saturated heterocycles. The topological polar surface area (TPSA) is 84.2 Å². The van der Waals surface area contributed by atoms with Crippen LogP contribution in [0.3, 0.4) is 0 Å². The third-order valence-corrected chi connectivity index (χ3v) is 4.16. The number of alkyl halides is 3. The van der Waals surface area contributed by atoms with Gasteiger partial charge in [-0.05, 0) is 18.6 Å². The zero-order valence-corrected chi connectivity index (χ0v) is 13.9. The van der Waals surface area contributed by atoms with E-state index in [0.29, 0.717) is 17.3 Å². The Hall–Kier alpha value is -2.07. The summed E-state index contributed by atoms with van der Waals surface area (Å²) in [6.07, 6.45) is -4.17. The molecule has 0 bridgehead atoms. The average Bonchev–Trinajstić information content (AvgIpc) is 2.57. The van der Waals surface area contributed by atoms with Crippen molar-refractivity contribution in [3.63, 3.8) is 0 Å². The second-order valence-corrected chi connectivity index (χ2v) is 6.07. The Bertz CT molecular complexity index is 808. The standard InChI is InChI=1S/C15H16F3N3O3S/c16-15(17,18)9-19-12(23)8-25-14-20-11-5-2-1-4-10(11)13(24)21(14)6-3-7-22/h1-2,4-5,22H,3,6-9H2,(H,19,23). The molecule has 1 aromatic heterocycles. The molecule has 1 aromatic carbocycles. The molecule has 0 spiro atoms. The maximum Gasteiger partial charge on any atom is 0.405 e. The number of rotatable bonds is 7. The third kappa shape index (κ3) is 5.46. The number of aromatic nitrogens is 2.